The van der Waals surface area contributed by atoms with Crippen molar-refractivity contribution < 1.29 is 4.79 Å². The highest BCUT2D eigenvalue weighted by atomic mass is 16.2. The molecule has 2 atom stereocenters. The van der Waals surface area contributed by atoms with E-state index < -0.39 is 0 Å². The minimum absolute atomic E-state index is 0.0687. The Bertz CT molecular complexity index is 1710. The minimum atomic E-state index is -0.270. The van der Waals surface area contributed by atoms with Crippen LogP contribution in [0.15, 0.2) is 54.0 Å². The first kappa shape index (κ1) is 20.9. The molecule has 1 aliphatic carbocycles. The number of hydrogen-bond donors (Lipinski definition) is 2. The molecule has 5 heterocycles. The zero-order valence-electron chi connectivity index (χ0n) is 19.0. The molecule has 0 saturated heterocycles. The molecule has 0 unspecified atom stereocenters. The monoisotopic (exact) mass is 467 g/mol. The van der Waals surface area contributed by atoms with Gasteiger partial charge >= 0.3 is 0 Å². The summed E-state index contributed by atoms with van der Waals surface area (Å²) in [6.45, 7) is 0. The van der Waals surface area contributed by atoms with Crippen LogP contribution in [0.25, 0.3) is 32.9 Å². The lowest BCUT2D eigenvalue weighted by molar-refractivity contribution is -0.117. The zero-order chi connectivity index (χ0) is 24.3. The number of fused-ring (bicyclic) bond motifs is 2. The van der Waals surface area contributed by atoms with Crippen molar-refractivity contribution in [1.29, 1.82) is 0 Å². The molecular weight excluding hydrogens is 446 g/mol. The maximum Gasteiger partial charge on any atom is 0.292 e. The molecule has 11 nitrogen and oxygen atoms in total. The Morgan fingerprint density at radius 2 is 1.91 bits per heavy atom. The highest BCUT2D eigenvalue weighted by molar-refractivity contribution is 5.99. The van der Waals surface area contributed by atoms with E-state index in [-0.39, 0.29) is 23.3 Å². The van der Waals surface area contributed by atoms with Gasteiger partial charge < -0.3 is 11.1 Å². The van der Waals surface area contributed by atoms with Gasteiger partial charge in [-0.3, -0.25) is 14.3 Å². The summed E-state index contributed by atoms with van der Waals surface area (Å²) in [5.74, 6) is 0.770. The van der Waals surface area contributed by atoms with E-state index in [9.17, 15) is 9.59 Å². The zero-order valence-corrected chi connectivity index (χ0v) is 19.0. The number of rotatable bonds is 4. The molecule has 0 radical (unpaired) electrons. The average molecular weight is 467 g/mol. The van der Waals surface area contributed by atoms with Crippen LogP contribution in [0.4, 0.5) is 11.6 Å². The van der Waals surface area contributed by atoms with Gasteiger partial charge in [0.2, 0.25) is 5.91 Å². The lowest BCUT2D eigenvalue weighted by Crippen LogP contribution is -2.19. The summed E-state index contributed by atoms with van der Waals surface area (Å²) in [6.07, 6.45) is 9.32. The first-order valence-electron chi connectivity index (χ1n) is 11.1. The van der Waals surface area contributed by atoms with Crippen LogP contribution >= 0.6 is 0 Å². The van der Waals surface area contributed by atoms with Crippen LogP contribution in [0.5, 0.6) is 0 Å². The van der Waals surface area contributed by atoms with Gasteiger partial charge in [0.1, 0.15) is 17.2 Å². The summed E-state index contributed by atoms with van der Waals surface area (Å²) in [6, 6.07) is 5.44. The largest absolute Gasteiger partial charge is 0.383 e. The summed E-state index contributed by atoms with van der Waals surface area (Å²) in [5.41, 5.74) is 8.63. The number of aryl methyl sites for hydroxylation is 2. The number of nitrogen functional groups attached to an aromatic ring is 1. The van der Waals surface area contributed by atoms with Crippen molar-refractivity contribution >= 4 is 39.2 Å². The standard InChI is InChI=1S/C24H21N9O2/c1-32-11-15(9-28-32)16-6-17(16)23(34)31-20-5-12-4-19(30-22(25)18(12)10-26-20)13-3-14-8-29-33(2)24(35)21(14)27-7-13/h3-5,7-11,16-17H,6H2,1-2H3,(H2,25,30)(H,26,31,34)/t16-,17+/m0/s1. The van der Waals surface area contributed by atoms with E-state index >= 15 is 0 Å². The topological polar surface area (TPSA) is 146 Å². The third-order valence-corrected chi connectivity index (χ3v) is 6.36. The molecule has 3 N–H and O–H groups in total. The van der Waals surface area contributed by atoms with Crippen LogP contribution in [0.2, 0.25) is 0 Å². The molecule has 11 heteroatoms. The molecule has 1 saturated carbocycles. The summed E-state index contributed by atoms with van der Waals surface area (Å²) in [4.78, 5) is 38.2. The van der Waals surface area contributed by atoms with Gasteiger partial charge in [-0.15, -0.1) is 0 Å². The van der Waals surface area contributed by atoms with E-state index in [0.29, 0.717) is 39.2 Å². The molecule has 1 fully saturated rings. The smallest absolute Gasteiger partial charge is 0.292 e. The second-order valence-electron chi connectivity index (χ2n) is 8.80. The van der Waals surface area contributed by atoms with Crippen molar-refractivity contribution in [3.8, 4) is 11.3 Å². The van der Waals surface area contributed by atoms with Crippen LogP contribution < -0.4 is 16.6 Å². The molecule has 5 aromatic heterocycles. The van der Waals surface area contributed by atoms with Gasteiger partial charge in [-0.25, -0.2) is 19.6 Å². The quantitative estimate of drug-likeness (QED) is 0.408. The van der Waals surface area contributed by atoms with Crippen LogP contribution in [-0.2, 0) is 18.9 Å². The molecule has 1 aliphatic rings. The first-order chi connectivity index (χ1) is 16.9. The number of carbonyl (C=O) groups excluding carboxylic acids is 1. The lowest BCUT2D eigenvalue weighted by Gasteiger charge is -2.09. The van der Waals surface area contributed by atoms with Gasteiger partial charge in [-0.05, 0) is 41.5 Å². The van der Waals surface area contributed by atoms with Crippen LogP contribution in [0.3, 0.4) is 0 Å². The van der Waals surface area contributed by atoms with Crippen molar-refractivity contribution in [3.05, 3.63) is 65.1 Å². The number of pyridine rings is 3. The number of carbonyl (C=O) groups is 1. The summed E-state index contributed by atoms with van der Waals surface area (Å²) in [5, 5.41) is 13.2. The Kier molecular flexibility index (Phi) is 4.59. The third-order valence-electron chi connectivity index (χ3n) is 6.36. The van der Waals surface area contributed by atoms with Crippen LogP contribution in [0.1, 0.15) is 17.9 Å². The number of anilines is 2. The van der Waals surface area contributed by atoms with E-state index in [0.717, 1.165) is 17.4 Å². The van der Waals surface area contributed by atoms with Gasteiger partial charge in [-0.1, -0.05) is 0 Å². The maximum absolute atomic E-state index is 12.8. The second kappa shape index (κ2) is 7.69. The predicted molar refractivity (Wildman–Crippen MR) is 130 cm³/mol. The Balaban J connectivity index is 1.29. The van der Waals surface area contributed by atoms with Crippen molar-refractivity contribution in [2.24, 2.45) is 20.0 Å². The van der Waals surface area contributed by atoms with Gasteiger partial charge in [0.15, 0.2) is 0 Å². The second-order valence-corrected chi connectivity index (χ2v) is 8.80. The third kappa shape index (κ3) is 3.66. The lowest BCUT2D eigenvalue weighted by atomic mass is 10.1. The Hall–Kier alpha value is -4.67. The molecule has 6 rings (SSSR count). The molecule has 0 bridgehead atoms. The SMILES string of the molecule is Cn1cc([C@@H]2C[C@H]2C(=O)Nc2cc3cc(-c4cnc5c(=O)n(C)ncc5c4)nc(N)c3cn2)cn1. The Morgan fingerprint density at radius 1 is 1.06 bits per heavy atom. The molecule has 0 aliphatic heterocycles. The fraction of sp³-hybridized carbons (Fsp3) is 0.208. The summed E-state index contributed by atoms with van der Waals surface area (Å²) < 4.78 is 2.98. The number of nitrogens with zero attached hydrogens (tertiary/aromatic N) is 7. The average Bonchev–Trinajstić information content (AvgIpc) is 3.54. The molecule has 5 aromatic rings. The Morgan fingerprint density at radius 3 is 2.71 bits per heavy atom. The highest BCUT2D eigenvalue weighted by Crippen LogP contribution is 2.47. The predicted octanol–water partition coefficient (Wildman–Crippen LogP) is 2.00. The molecular formula is C24H21N9O2. The van der Waals surface area contributed by atoms with Crippen molar-refractivity contribution in [2.45, 2.75) is 12.3 Å². The van der Waals surface area contributed by atoms with Gasteiger partial charge in [0, 0.05) is 54.9 Å². The van der Waals surface area contributed by atoms with E-state index in [1.54, 1.807) is 48.6 Å². The maximum atomic E-state index is 12.8. The van der Waals surface area contributed by atoms with E-state index in [2.05, 4.69) is 30.5 Å². The Labute approximate surface area is 198 Å². The van der Waals surface area contributed by atoms with Crippen molar-refractivity contribution in [3.63, 3.8) is 0 Å². The van der Waals surface area contributed by atoms with E-state index in [1.807, 2.05) is 19.3 Å². The summed E-state index contributed by atoms with van der Waals surface area (Å²) >= 11 is 0. The highest BCUT2D eigenvalue weighted by Gasteiger charge is 2.44. The van der Waals surface area contributed by atoms with Crippen molar-refractivity contribution in [1.82, 2.24) is 34.5 Å². The van der Waals surface area contributed by atoms with E-state index in [1.165, 1.54) is 4.68 Å². The number of hydrogen-bond acceptors (Lipinski definition) is 8. The molecule has 174 valence electrons. The number of amides is 1. The number of nitrogens with two attached hydrogens (primary N) is 1. The van der Waals surface area contributed by atoms with Crippen molar-refractivity contribution in [2.75, 3.05) is 11.1 Å². The fourth-order valence-electron chi connectivity index (χ4n) is 4.35. The van der Waals surface area contributed by atoms with Gasteiger partial charge in [0.25, 0.3) is 5.56 Å². The fourth-order valence-corrected chi connectivity index (χ4v) is 4.35. The first-order valence-corrected chi connectivity index (χ1v) is 11.1. The molecule has 35 heavy (non-hydrogen) atoms. The molecule has 1 amide bonds. The number of aromatic nitrogens is 7. The normalized spacial score (nSPS) is 17.1. The number of nitrogens with one attached hydrogen (secondary N) is 1. The minimum Gasteiger partial charge on any atom is -0.383 e. The molecule has 0 aromatic carbocycles. The van der Waals surface area contributed by atoms with E-state index in [4.69, 9.17) is 5.73 Å². The van der Waals surface area contributed by atoms with Gasteiger partial charge in [0.05, 0.1) is 18.1 Å². The van der Waals surface area contributed by atoms with Gasteiger partial charge in [-0.2, -0.15) is 10.2 Å². The van der Waals surface area contributed by atoms with Crippen LogP contribution in [-0.4, -0.2) is 40.4 Å². The molecule has 0 spiro atoms. The van der Waals surface area contributed by atoms with Crippen LogP contribution in [0, 0.1) is 5.92 Å². The summed E-state index contributed by atoms with van der Waals surface area (Å²) in [7, 11) is 3.44.